The number of rotatable bonds is 15. The fourth-order valence-corrected chi connectivity index (χ4v) is 3.67. The molecule has 152 valence electrons. The molecule has 1 rings (SSSR count). The lowest BCUT2D eigenvalue weighted by Gasteiger charge is -2.30. The molecule has 0 saturated heterocycles. The summed E-state index contributed by atoms with van der Waals surface area (Å²) in [5.41, 5.74) is 1.38. The van der Waals surface area contributed by atoms with Crippen LogP contribution in [0.25, 0.3) is 0 Å². The lowest BCUT2D eigenvalue weighted by molar-refractivity contribution is -0.903. The smallest absolute Gasteiger partial charge is 0.104 e. The van der Waals surface area contributed by atoms with Crippen LogP contribution >= 0.6 is 11.6 Å². The van der Waals surface area contributed by atoms with E-state index in [1.807, 2.05) is 12.1 Å². The highest BCUT2D eigenvalue weighted by Gasteiger charge is 2.15. The predicted octanol–water partition coefficient (Wildman–Crippen LogP) is 4.62. The van der Waals surface area contributed by atoms with E-state index in [9.17, 15) is 0 Å². The van der Waals surface area contributed by atoms with E-state index in [0.29, 0.717) is 0 Å². The van der Waals surface area contributed by atoms with E-state index in [1.54, 1.807) is 0 Å². The van der Waals surface area contributed by atoms with Crippen LogP contribution in [0.3, 0.4) is 0 Å². The van der Waals surface area contributed by atoms with Crippen LogP contribution in [0.2, 0.25) is 5.02 Å². The largest absolute Gasteiger partial charge is 1.00 e. The zero-order valence-corrected chi connectivity index (χ0v) is 18.9. The number of hydrogen-bond acceptors (Lipinski definition) is 0. The average molecular weight is 402 g/mol. The van der Waals surface area contributed by atoms with Crippen molar-refractivity contribution in [1.82, 2.24) is 0 Å². The van der Waals surface area contributed by atoms with Crippen LogP contribution < -0.4 is 12.4 Å². The summed E-state index contributed by atoms with van der Waals surface area (Å²) in [5.74, 6) is 0. The van der Waals surface area contributed by atoms with Crippen LogP contribution in [0.1, 0.15) is 89.5 Å². The number of benzene rings is 1. The van der Waals surface area contributed by atoms with Crippen LogP contribution in [0, 0.1) is 0 Å². The standard InChI is InChI=1S/C23H41ClN.ClH/c1-4-5-6-7-8-9-10-11-12-13-14-15-20-25(2,3)21-22-16-18-23(24)19-17-22;/h16-19H,4-15,20-21H2,1-3H3;1H/q+1;/p-1. The molecule has 0 fully saturated rings. The molecule has 0 spiro atoms. The van der Waals surface area contributed by atoms with E-state index >= 15 is 0 Å². The molecule has 0 atom stereocenters. The Morgan fingerprint density at radius 3 is 1.58 bits per heavy atom. The van der Waals surface area contributed by atoms with E-state index in [0.717, 1.165) is 16.1 Å². The molecule has 0 N–H and O–H groups in total. The second-order valence-corrected chi connectivity index (χ2v) is 8.77. The van der Waals surface area contributed by atoms with Gasteiger partial charge in [-0.05, 0) is 25.0 Å². The molecule has 0 aliphatic heterocycles. The Morgan fingerprint density at radius 2 is 1.12 bits per heavy atom. The van der Waals surface area contributed by atoms with Gasteiger partial charge in [0.2, 0.25) is 0 Å². The SMILES string of the molecule is CCCCCCCCCCCCCC[N+](C)(C)Cc1ccc(Cl)cc1.[Cl-]. The van der Waals surface area contributed by atoms with Crippen molar-refractivity contribution in [3.8, 4) is 0 Å². The van der Waals surface area contributed by atoms with Crippen molar-refractivity contribution in [2.75, 3.05) is 20.6 Å². The minimum Gasteiger partial charge on any atom is -1.00 e. The van der Waals surface area contributed by atoms with Crippen LogP contribution in [-0.2, 0) is 6.54 Å². The van der Waals surface area contributed by atoms with E-state index in [2.05, 4.69) is 33.2 Å². The maximum absolute atomic E-state index is 5.97. The summed E-state index contributed by atoms with van der Waals surface area (Å²) in [5, 5.41) is 0.829. The van der Waals surface area contributed by atoms with Crippen molar-refractivity contribution in [3.63, 3.8) is 0 Å². The topological polar surface area (TPSA) is 0 Å². The summed E-state index contributed by atoms with van der Waals surface area (Å²) < 4.78 is 1.07. The summed E-state index contributed by atoms with van der Waals surface area (Å²) in [6, 6.07) is 8.32. The maximum Gasteiger partial charge on any atom is 0.104 e. The molecule has 0 saturated carbocycles. The molecule has 3 heteroatoms. The molecule has 1 aromatic rings. The van der Waals surface area contributed by atoms with Gasteiger partial charge in [0.15, 0.2) is 0 Å². The molecule has 0 radical (unpaired) electrons. The molecule has 0 amide bonds. The van der Waals surface area contributed by atoms with Gasteiger partial charge in [-0.25, -0.2) is 0 Å². The lowest BCUT2D eigenvalue weighted by atomic mass is 10.1. The van der Waals surface area contributed by atoms with Gasteiger partial charge in [-0.3, -0.25) is 0 Å². The minimum absolute atomic E-state index is 0. The van der Waals surface area contributed by atoms with Gasteiger partial charge < -0.3 is 16.9 Å². The van der Waals surface area contributed by atoms with Gasteiger partial charge in [-0.15, -0.1) is 0 Å². The van der Waals surface area contributed by atoms with Gasteiger partial charge >= 0.3 is 0 Å². The molecule has 26 heavy (non-hydrogen) atoms. The van der Waals surface area contributed by atoms with E-state index in [1.165, 1.54) is 89.2 Å². The number of nitrogens with zero attached hydrogens (tertiary/aromatic N) is 1. The van der Waals surface area contributed by atoms with Crippen molar-refractivity contribution < 1.29 is 16.9 Å². The molecule has 0 bridgehead atoms. The summed E-state index contributed by atoms with van der Waals surface area (Å²) >= 11 is 5.97. The zero-order valence-electron chi connectivity index (χ0n) is 17.4. The van der Waals surface area contributed by atoms with Crippen LogP contribution in [0.15, 0.2) is 24.3 Å². The van der Waals surface area contributed by atoms with Gasteiger partial charge in [0, 0.05) is 10.6 Å². The van der Waals surface area contributed by atoms with Gasteiger partial charge in [0.1, 0.15) is 6.54 Å². The fraction of sp³-hybridized carbons (Fsp3) is 0.739. The molecule has 0 aliphatic rings. The normalized spacial score (nSPS) is 11.4. The van der Waals surface area contributed by atoms with Gasteiger partial charge in [-0.1, -0.05) is 94.9 Å². The van der Waals surface area contributed by atoms with Gasteiger partial charge in [0.05, 0.1) is 20.6 Å². The number of quaternary nitrogens is 1. The maximum atomic E-state index is 5.97. The van der Waals surface area contributed by atoms with Gasteiger partial charge in [0.25, 0.3) is 0 Å². The molecule has 0 heterocycles. The molecular formula is C23H41Cl2N. The van der Waals surface area contributed by atoms with E-state index in [4.69, 9.17) is 11.6 Å². The average Bonchev–Trinajstić information content (AvgIpc) is 2.58. The molecule has 0 aromatic heterocycles. The second-order valence-electron chi connectivity index (χ2n) is 8.33. The Balaban J connectivity index is 0.00000625. The molecule has 0 unspecified atom stereocenters. The van der Waals surface area contributed by atoms with E-state index < -0.39 is 0 Å². The highest BCUT2D eigenvalue weighted by atomic mass is 35.5. The minimum atomic E-state index is 0. The molecular weight excluding hydrogens is 361 g/mol. The Morgan fingerprint density at radius 1 is 0.692 bits per heavy atom. The molecule has 1 nitrogen and oxygen atoms in total. The van der Waals surface area contributed by atoms with Crippen molar-refractivity contribution in [2.45, 2.75) is 90.5 Å². The first-order valence-electron chi connectivity index (χ1n) is 10.6. The highest BCUT2D eigenvalue weighted by Crippen LogP contribution is 2.16. The third-order valence-corrected chi connectivity index (χ3v) is 5.39. The van der Waals surface area contributed by atoms with Crippen LogP contribution in [0.5, 0.6) is 0 Å². The van der Waals surface area contributed by atoms with Crippen molar-refractivity contribution >= 4 is 11.6 Å². The molecule has 1 aromatic carbocycles. The third kappa shape index (κ3) is 13.9. The zero-order chi connectivity index (χ0) is 18.4. The summed E-state index contributed by atoms with van der Waals surface area (Å²) in [7, 11) is 4.68. The van der Waals surface area contributed by atoms with Crippen LogP contribution in [-0.4, -0.2) is 25.1 Å². The Kier molecular flexibility index (Phi) is 15.6. The van der Waals surface area contributed by atoms with Crippen LogP contribution in [0.4, 0.5) is 0 Å². The summed E-state index contributed by atoms with van der Waals surface area (Å²) in [4.78, 5) is 0. The third-order valence-electron chi connectivity index (χ3n) is 5.14. The van der Waals surface area contributed by atoms with Crippen molar-refractivity contribution in [1.29, 1.82) is 0 Å². The number of halogens is 2. The second kappa shape index (κ2) is 15.8. The summed E-state index contributed by atoms with van der Waals surface area (Å²) in [6.07, 6.45) is 17.1. The van der Waals surface area contributed by atoms with Crippen molar-refractivity contribution in [2.24, 2.45) is 0 Å². The first kappa shape index (κ1) is 25.8. The first-order valence-corrected chi connectivity index (χ1v) is 11.0. The number of unbranched alkanes of at least 4 members (excludes halogenated alkanes) is 11. The monoisotopic (exact) mass is 401 g/mol. The lowest BCUT2D eigenvalue weighted by Crippen LogP contribution is -3.00. The Hall–Kier alpha value is -0.240. The van der Waals surface area contributed by atoms with E-state index in [-0.39, 0.29) is 12.4 Å². The summed E-state index contributed by atoms with van der Waals surface area (Å²) in [6.45, 7) is 4.65. The van der Waals surface area contributed by atoms with Gasteiger partial charge in [-0.2, -0.15) is 0 Å². The van der Waals surface area contributed by atoms with Crippen molar-refractivity contribution in [3.05, 3.63) is 34.9 Å². The highest BCUT2D eigenvalue weighted by molar-refractivity contribution is 6.30. The number of hydrogen-bond donors (Lipinski definition) is 0. The Bertz CT molecular complexity index is 428. The predicted molar refractivity (Wildman–Crippen MR) is 113 cm³/mol. The fourth-order valence-electron chi connectivity index (χ4n) is 3.54. The molecule has 0 aliphatic carbocycles. The quantitative estimate of drug-likeness (QED) is 0.297. The Labute approximate surface area is 174 Å². The first-order chi connectivity index (χ1) is 12.0.